The maximum Gasteiger partial charge on any atom is 0.248 e. The van der Waals surface area contributed by atoms with Gasteiger partial charge >= 0.3 is 0 Å². The summed E-state index contributed by atoms with van der Waals surface area (Å²) in [6.07, 6.45) is 2.53. The summed E-state index contributed by atoms with van der Waals surface area (Å²) >= 11 is 0. The van der Waals surface area contributed by atoms with E-state index in [1.54, 1.807) is 6.07 Å². The summed E-state index contributed by atoms with van der Waals surface area (Å²) in [5, 5.41) is 3.56. The molecule has 0 saturated carbocycles. The molecule has 21 heavy (non-hydrogen) atoms. The second-order valence-electron chi connectivity index (χ2n) is 6.45. The second-order valence-corrected chi connectivity index (χ2v) is 6.45. The van der Waals surface area contributed by atoms with Crippen molar-refractivity contribution in [3.63, 3.8) is 0 Å². The highest BCUT2D eigenvalue weighted by Crippen LogP contribution is 2.13. The average molecular weight is 289 g/mol. The molecule has 1 amide bonds. The monoisotopic (exact) mass is 289 g/mol. The minimum atomic E-state index is -0.357. The van der Waals surface area contributed by atoms with Crippen molar-refractivity contribution < 1.29 is 4.79 Å². The quantitative estimate of drug-likeness (QED) is 0.807. The lowest BCUT2D eigenvalue weighted by Crippen LogP contribution is -2.39. The molecule has 116 valence electrons. The fourth-order valence-electron chi connectivity index (χ4n) is 3.03. The van der Waals surface area contributed by atoms with Gasteiger partial charge in [-0.1, -0.05) is 26.0 Å². The molecule has 0 aliphatic carbocycles. The molecule has 1 aliphatic heterocycles. The molecule has 0 bridgehead atoms. The van der Waals surface area contributed by atoms with Crippen LogP contribution in [0.25, 0.3) is 0 Å². The van der Waals surface area contributed by atoms with Crippen LogP contribution in [0, 0.1) is 5.92 Å². The van der Waals surface area contributed by atoms with Gasteiger partial charge in [-0.05, 0) is 43.0 Å². The summed E-state index contributed by atoms with van der Waals surface area (Å²) in [7, 11) is 0. The highest BCUT2D eigenvalue weighted by Gasteiger charge is 2.18. The summed E-state index contributed by atoms with van der Waals surface area (Å²) < 4.78 is 0. The first-order chi connectivity index (χ1) is 10.0. The molecule has 1 aliphatic rings. The number of nitrogens with two attached hydrogens (primary N) is 1. The first-order valence-electron chi connectivity index (χ1n) is 7.89. The number of primary amides is 1. The number of amides is 1. The fourth-order valence-corrected chi connectivity index (χ4v) is 3.03. The van der Waals surface area contributed by atoms with E-state index >= 15 is 0 Å². The molecule has 1 heterocycles. The van der Waals surface area contributed by atoms with E-state index in [-0.39, 0.29) is 5.91 Å². The third-order valence-electron chi connectivity index (χ3n) is 3.88. The average Bonchev–Trinajstić information content (AvgIpc) is 2.91. The van der Waals surface area contributed by atoms with E-state index < -0.39 is 0 Å². The van der Waals surface area contributed by atoms with Gasteiger partial charge in [0.2, 0.25) is 5.91 Å². The Bertz CT molecular complexity index is 467. The molecule has 1 atom stereocenters. The summed E-state index contributed by atoms with van der Waals surface area (Å²) in [6.45, 7) is 8.64. The van der Waals surface area contributed by atoms with Crippen molar-refractivity contribution >= 4 is 5.91 Å². The van der Waals surface area contributed by atoms with Crippen molar-refractivity contribution in [2.75, 3.05) is 19.6 Å². The standard InChI is InChI=1S/C17H27N3O/c1-13(2)10-20(12-16-7-4-8-19-16)11-14-5-3-6-15(9-14)17(18)21/h3,5-6,9,13,16,19H,4,7-8,10-12H2,1-2H3,(H2,18,21). The highest BCUT2D eigenvalue weighted by molar-refractivity contribution is 5.92. The molecular weight excluding hydrogens is 262 g/mol. The van der Waals surface area contributed by atoms with E-state index in [1.165, 1.54) is 12.8 Å². The van der Waals surface area contributed by atoms with Gasteiger partial charge < -0.3 is 11.1 Å². The first kappa shape index (κ1) is 16.0. The maximum atomic E-state index is 11.3. The Morgan fingerprint density at radius 1 is 1.48 bits per heavy atom. The minimum absolute atomic E-state index is 0.357. The van der Waals surface area contributed by atoms with Gasteiger partial charge in [-0.25, -0.2) is 0 Å². The van der Waals surface area contributed by atoms with Crippen LogP contribution in [0.3, 0.4) is 0 Å². The van der Waals surface area contributed by atoms with Crippen LogP contribution in [-0.4, -0.2) is 36.5 Å². The van der Waals surface area contributed by atoms with Gasteiger partial charge in [-0.3, -0.25) is 9.69 Å². The fraction of sp³-hybridized carbons (Fsp3) is 0.588. The van der Waals surface area contributed by atoms with Crippen LogP contribution in [0.2, 0.25) is 0 Å². The molecular formula is C17H27N3O. The van der Waals surface area contributed by atoms with Crippen molar-refractivity contribution in [1.29, 1.82) is 0 Å². The number of carbonyl (C=O) groups is 1. The van der Waals surface area contributed by atoms with Gasteiger partial charge in [0.1, 0.15) is 0 Å². The van der Waals surface area contributed by atoms with E-state index in [1.807, 2.05) is 12.1 Å². The third kappa shape index (κ3) is 5.14. The Morgan fingerprint density at radius 3 is 2.90 bits per heavy atom. The molecule has 1 aromatic rings. The van der Waals surface area contributed by atoms with Crippen LogP contribution in [-0.2, 0) is 6.54 Å². The Hall–Kier alpha value is -1.39. The number of benzene rings is 1. The summed E-state index contributed by atoms with van der Waals surface area (Å²) in [5.41, 5.74) is 7.11. The summed E-state index contributed by atoms with van der Waals surface area (Å²) in [4.78, 5) is 13.8. The second kappa shape index (κ2) is 7.57. The Balaban J connectivity index is 2.02. The predicted octanol–water partition coefficient (Wildman–Crippen LogP) is 2.00. The SMILES string of the molecule is CC(C)CN(Cc1cccc(C(N)=O)c1)CC1CCCN1. The van der Waals surface area contributed by atoms with Gasteiger partial charge in [-0.2, -0.15) is 0 Å². The lowest BCUT2D eigenvalue weighted by atomic mass is 10.1. The van der Waals surface area contributed by atoms with Crippen molar-refractivity contribution in [1.82, 2.24) is 10.2 Å². The van der Waals surface area contributed by atoms with Crippen molar-refractivity contribution in [2.24, 2.45) is 11.7 Å². The predicted molar refractivity (Wildman–Crippen MR) is 86.1 cm³/mol. The number of nitrogens with zero attached hydrogens (tertiary/aromatic N) is 1. The molecule has 2 rings (SSSR count). The number of hydrogen-bond donors (Lipinski definition) is 2. The molecule has 0 spiro atoms. The van der Waals surface area contributed by atoms with E-state index in [4.69, 9.17) is 5.73 Å². The van der Waals surface area contributed by atoms with E-state index in [2.05, 4.69) is 30.1 Å². The van der Waals surface area contributed by atoms with Crippen LogP contribution in [0.15, 0.2) is 24.3 Å². The minimum Gasteiger partial charge on any atom is -0.366 e. The molecule has 0 radical (unpaired) electrons. The summed E-state index contributed by atoms with van der Waals surface area (Å²) in [6, 6.07) is 8.27. The zero-order valence-corrected chi connectivity index (χ0v) is 13.1. The number of nitrogens with one attached hydrogen (secondary N) is 1. The van der Waals surface area contributed by atoms with E-state index in [0.29, 0.717) is 17.5 Å². The van der Waals surface area contributed by atoms with Crippen LogP contribution < -0.4 is 11.1 Å². The van der Waals surface area contributed by atoms with E-state index in [9.17, 15) is 4.79 Å². The third-order valence-corrected chi connectivity index (χ3v) is 3.88. The molecule has 3 N–H and O–H groups in total. The van der Waals surface area contributed by atoms with Gasteiger partial charge in [0, 0.05) is 31.2 Å². The molecule has 4 heteroatoms. The van der Waals surface area contributed by atoms with Gasteiger partial charge in [0.25, 0.3) is 0 Å². The summed E-state index contributed by atoms with van der Waals surface area (Å²) in [5.74, 6) is 0.274. The highest BCUT2D eigenvalue weighted by atomic mass is 16.1. The van der Waals surface area contributed by atoms with Gasteiger partial charge in [0.05, 0.1) is 0 Å². The molecule has 1 unspecified atom stereocenters. The van der Waals surface area contributed by atoms with Crippen LogP contribution in [0.4, 0.5) is 0 Å². The molecule has 1 saturated heterocycles. The largest absolute Gasteiger partial charge is 0.366 e. The van der Waals surface area contributed by atoms with Gasteiger partial charge in [-0.15, -0.1) is 0 Å². The maximum absolute atomic E-state index is 11.3. The lowest BCUT2D eigenvalue weighted by Gasteiger charge is -2.27. The van der Waals surface area contributed by atoms with Crippen LogP contribution >= 0.6 is 0 Å². The lowest BCUT2D eigenvalue weighted by molar-refractivity contribution is 0.1000. The molecule has 4 nitrogen and oxygen atoms in total. The zero-order chi connectivity index (χ0) is 15.2. The smallest absolute Gasteiger partial charge is 0.248 e. The van der Waals surface area contributed by atoms with Crippen LogP contribution in [0.5, 0.6) is 0 Å². The van der Waals surface area contributed by atoms with Crippen molar-refractivity contribution in [2.45, 2.75) is 39.3 Å². The number of hydrogen-bond acceptors (Lipinski definition) is 3. The van der Waals surface area contributed by atoms with E-state index in [0.717, 1.165) is 31.7 Å². The number of carbonyl (C=O) groups excluding carboxylic acids is 1. The Kier molecular flexibility index (Phi) is 5.76. The molecule has 1 aromatic carbocycles. The Morgan fingerprint density at radius 2 is 2.29 bits per heavy atom. The van der Waals surface area contributed by atoms with Gasteiger partial charge in [0.15, 0.2) is 0 Å². The zero-order valence-electron chi connectivity index (χ0n) is 13.1. The van der Waals surface area contributed by atoms with Crippen LogP contribution in [0.1, 0.15) is 42.6 Å². The number of rotatable bonds is 7. The first-order valence-corrected chi connectivity index (χ1v) is 7.89. The molecule has 1 fully saturated rings. The normalized spacial score (nSPS) is 18.6. The Labute approximate surface area is 127 Å². The topological polar surface area (TPSA) is 58.4 Å². The van der Waals surface area contributed by atoms with Crippen molar-refractivity contribution in [3.05, 3.63) is 35.4 Å². The molecule has 0 aromatic heterocycles. The van der Waals surface area contributed by atoms with Crippen molar-refractivity contribution in [3.8, 4) is 0 Å².